The highest BCUT2D eigenvalue weighted by Gasteiger charge is 2.37. The first-order valence-corrected chi connectivity index (χ1v) is 9.32. The van der Waals surface area contributed by atoms with Crippen molar-refractivity contribution in [1.29, 1.82) is 0 Å². The van der Waals surface area contributed by atoms with Crippen LogP contribution in [0.3, 0.4) is 0 Å². The molecule has 0 bridgehead atoms. The third kappa shape index (κ3) is 3.63. The van der Waals surface area contributed by atoms with Crippen molar-refractivity contribution in [2.24, 2.45) is 4.99 Å². The number of aliphatic imine (C=N–C) groups is 1. The van der Waals surface area contributed by atoms with Crippen molar-refractivity contribution in [3.05, 3.63) is 59.2 Å². The lowest BCUT2D eigenvalue weighted by molar-refractivity contribution is 0.356. The molecular weight excluding hydrogens is 304 g/mol. The Bertz CT molecular complexity index is 769. The number of aryl methyl sites for hydroxylation is 1. The maximum atomic E-state index is 4.64. The first-order valence-electron chi connectivity index (χ1n) is 9.32. The molecule has 0 N–H and O–H groups in total. The maximum absolute atomic E-state index is 4.64. The predicted octanol–water partition coefficient (Wildman–Crippen LogP) is 6.25. The van der Waals surface area contributed by atoms with E-state index in [0.717, 1.165) is 5.69 Å². The lowest BCUT2D eigenvalue weighted by atomic mass is 9.79. The summed E-state index contributed by atoms with van der Waals surface area (Å²) in [5.41, 5.74) is 6.46. The van der Waals surface area contributed by atoms with Crippen LogP contribution in [0.4, 0.5) is 11.4 Å². The Hall–Kier alpha value is -2.09. The Kier molecular flexibility index (Phi) is 4.73. The van der Waals surface area contributed by atoms with Crippen LogP contribution in [0.1, 0.15) is 63.6 Å². The van der Waals surface area contributed by atoms with Crippen LogP contribution in [0.15, 0.2) is 47.5 Å². The van der Waals surface area contributed by atoms with Crippen molar-refractivity contribution in [1.82, 2.24) is 0 Å². The molecule has 0 aromatic heterocycles. The minimum Gasteiger partial charge on any atom is -0.364 e. The minimum atomic E-state index is 0.193. The molecule has 2 aromatic carbocycles. The average molecular weight is 335 g/mol. The standard InChI is InChI=1S/C23H30N2/c1-16(2)25-22-12-9-19(13-21(22)18(4)14-23(25,5)6)15-24-20-10-7-17(3)8-11-20/h7-13,15-16,18H,14H2,1-6H3/t18-/m0/s1. The molecule has 0 unspecified atom stereocenters. The Morgan fingerprint density at radius 3 is 2.44 bits per heavy atom. The second-order valence-electron chi connectivity index (χ2n) is 8.29. The van der Waals surface area contributed by atoms with Crippen LogP contribution in [-0.2, 0) is 0 Å². The van der Waals surface area contributed by atoms with Gasteiger partial charge < -0.3 is 4.90 Å². The fourth-order valence-electron chi connectivity index (χ4n) is 4.31. The summed E-state index contributed by atoms with van der Waals surface area (Å²) in [5, 5.41) is 0. The number of anilines is 1. The van der Waals surface area contributed by atoms with Gasteiger partial charge in [0.05, 0.1) is 5.69 Å². The van der Waals surface area contributed by atoms with Crippen LogP contribution in [-0.4, -0.2) is 17.8 Å². The van der Waals surface area contributed by atoms with Gasteiger partial charge >= 0.3 is 0 Å². The molecule has 0 amide bonds. The van der Waals surface area contributed by atoms with E-state index in [1.165, 1.54) is 28.8 Å². The van der Waals surface area contributed by atoms with Gasteiger partial charge in [-0.2, -0.15) is 0 Å². The van der Waals surface area contributed by atoms with Gasteiger partial charge in [-0.05, 0) is 82.3 Å². The SMILES string of the molecule is Cc1ccc(N=Cc2ccc3c(c2)[C@@H](C)CC(C)(C)N3C(C)C)cc1. The third-order valence-corrected chi connectivity index (χ3v) is 5.21. The van der Waals surface area contributed by atoms with Gasteiger partial charge in [-0.25, -0.2) is 0 Å². The summed E-state index contributed by atoms with van der Waals surface area (Å²) in [5.74, 6) is 0.563. The molecule has 2 aromatic rings. The van der Waals surface area contributed by atoms with Gasteiger partial charge in [0.2, 0.25) is 0 Å². The van der Waals surface area contributed by atoms with E-state index in [9.17, 15) is 0 Å². The predicted molar refractivity (Wildman–Crippen MR) is 110 cm³/mol. The molecular formula is C23H30N2. The monoisotopic (exact) mass is 334 g/mol. The van der Waals surface area contributed by atoms with E-state index < -0.39 is 0 Å². The zero-order chi connectivity index (χ0) is 18.2. The van der Waals surface area contributed by atoms with Crippen molar-refractivity contribution >= 4 is 17.6 Å². The van der Waals surface area contributed by atoms with Gasteiger partial charge in [0.1, 0.15) is 0 Å². The first kappa shape index (κ1) is 17.7. The summed E-state index contributed by atoms with van der Waals surface area (Å²) in [4.78, 5) is 7.21. The summed E-state index contributed by atoms with van der Waals surface area (Å²) in [6.45, 7) is 13.7. The zero-order valence-corrected chi connectivity index (χ0v) is 16.4. The second-order valence-corrected chi connectivity index (χ2v) is 8.29. The Balaban J connectivity index is 1.93. The molecule has 0 saturated heterocycles. The van der Waals surface area contributed by atoms with Gasteiger partial charge in [0.15, 0.2) is 0 Å². The van der Waals surface area contributed by atoms with Crippen LogP contribution >= 0.6 is 0 Å². The maximum Gasteiger partial charge on any atom is 0.0630 e. The first-order chi connectivity index (χ1) is 11.8. The average Bonchev–Trinajstić information content (AvgIpc) is 2.53. The van der Waals surface area contributed by atoms with E-state index in [-0.39, 0.29) is 5.54 Å². The van der Waals surface area contributed by atoms with Crippen molar-refractivity contribution in [2.45, 2.75) is 65.5 Å². The van der Waals surface area contributed by atoms with Crippen LogP contribution < -0.4 is 4.90 Å². The number of benzene rings is 2. The summed E-state index contributed by atoms with van der Waals surface area (Å²) in [6, 6.07) is 15.6. The van der Waals surface area contributed by atoms with Crippen LogP contribution in [0.25, 0.3) is 0 Å². The molecule has 2 heteroatoms. The molecule has 0 spiro atoms. The molecule has 0 radical (unpaired) electrons. The van der Waals surface area contributed by atoms with Crippen molar-refractivity contribution in [3.8, 4) is 0 Å². The molecule has 25 heavy (non-hydrogen) atoms. The highest BCUT2D eigenvalue weighted by atomic mass is 15.2. The number of nitrogens with zero attached hydrogens (tertiary/aromatic N) is 2. The number of hydrogen-bond donors (Lipinski definition) is 0. The minimum absolute atomic E-state index is 0.193. The summed E-state index contributed by atoms with van der Waals surface area (Å²) >= 11 is 0. The van der Waals surface area contributed by atoms with Gasteiger partial charge in [0.25, 0.3) is 0 Å². The van der Waals surface area contributed by atoms with Crippen LogP contribution in [0.5, 0.6) is 0 Å². The lowest BCUT2D eigenvalue weighted by Gasteiger charge is -2.50. The summed E-state index contributed by atoms with van der Waals surface area (Å²) < 4.78 is 0. The van der Waals surface area contributed by atoms with Crippen LogP contribution in [0.2, 0.25) is 0 Å². The molecule has 2 nitrogen and oxygen atoms in total. The lowest BCUT2D eigenvalue weighted by Crippen LogP contribution is -2.51. The van der Waals surface area contributed by atoms with Gasteiger partial charge in [-0.15, -0.1) is 0 Å². The smallest absolute Gasteiger partial charge is 0.0630 e. The largest absolute Gasteiger partial charge is 0.364 e. The fourth-order valence-corrected chi connectivity index (χ4v) is 4.31. The van der Waals surface area contributed by atoms with E-state index in [0.29, 0.717) is 12.0 Å². The highest BCUT2D eigenvalue weighted by Crippen LogP contribution is 2.44. The normalized spacial score (nSPS) is 19.5. The molecule has 132 valence electrons. The van der Waals surface area contributed by atoms with E-state index in [1.807, 2.05) is 6.21 Å². The van der Waals surface area contributed by atoms with E-state index in [4.69, 9.17) is 0 Å². The second kappa shape index (κ2) is 6.67. The van der Waals surface area contributed by atoms with E-state index >= 15 is 0 Å². The Morgan fingerprint density at radius 1 is 1.12 bits per heavy atom. The summed E-state index contributed by atoms with van der Waals surface area (Å²) in [7, 11) is 0. The molecule has 0 saturated carbocycles. The molecule has 1 heterocycles. The van der Waals surface area contributed by atoms with Crippen molar-refractivity contribution in [2.75, 3.05) is 4.90 Å². The third-order valence-electron chi connectivity index (χ3n) is 5.21. The van der Waals surface area contributed by atoms with Crippen molar-refractivity contribution < 1.29 is 0 Å². The fraction of sp³-hybridized carbons (Fsp3) is 0.435. The topological polar surface area (TPSA) is 15.6 Å². The molecule has 0 aliphatic carbocycles. The van der Waals surface area contributed by atoms with Gasteiger partial charge in [-0.3, -0.25) is 4.99 Å². The zero-order valence-electron chi connectivity index (χ0n) is 16.4. The molecule has 1 aliphatic heterocycles. The Morgan fingerprint density at radius 2 is 1.80 bits per heavy atom. The molecule has 0 fully saturated rings. The van der Waals surface area contributed by atoms with Crippen LogP contribution in [0, 0.1) is 6.92 Å². The number of hydrogen-bond acceptors (Lipinski definition) is 2. The molecule has 1 aliphatic rings. The van der Waals surface area contributed by atoms with Crippen molar-refractivity contribution in [3.63, 3.8) is 0 Å². The van der Waals surface area contributed by atoms with Gasteiger partial charge in [-0.1, -0.05) is 30.7 Å². The van der Waals surface area contributed by atoms with E-state index in [2.05, 4.69) is 93.9 Å². The van der Waals surface area contributed by atoms with Gasteiger partial charge in [0, 0.05) is 23.5 Å². The number of rotatable bonds is 3. The summed E-state index contributed by atoms with van der Waals surface area (Å²) in [6.07, 6.45) is 3.16. The molecule has 1 atom stereocenters. The van der Waals surface area contributed by atoms with E-state index in [1.54, 1.807) is 0 Å². The molecule has 3 rings (SSSR count). The highest BCUT2D eigenvalue weighted by molar-refractivity contribution is 5.83. The Labute approximate surface area is 152 Å². The number of fused-ring (bicyclic) bond motifs is 1. The quantitative estimate of drug-likeness (QED) is 0.606.